The summed E-state index contributed by atoms with van der Waals surface area (Å²) >= 11 is 0. The van der Waals surface area contributed by atoms with Crippen LogP contribution in [-0.4, -0.2) is 50.3 Å². The maximum absolute atomic E-state index is 5.67. The van der Waals surface area contributed by atoms with Crippen LogP contribution in [0.25, 0.3) is 0 Å². The number of piperidine rings is 1. The fourth-order valence-electron chi connectivity index (χ4n) is 1.97. The van der Waals surface area contributed by atoms with Crippen molar-refractivity contribution in [3.63, 3.8) is 0 Å². The quantitative estimate of drug-likeness (QED) is 0.603. The van der Waals surface area contributed by atoms with Crippen LogP contribution in [0.1, 0.15) is 20.3 Å². The van der Waals surface area contributed by atoms with Gasteiger partial charge in [0.05, 0.1) is 12.7 Å². The lowest BCUT2D eigenvalue weighted by Crippen LogP contribution is -2.57. The molecule has 1 N–H and O–H groups in total. The van der Waals surface area contributed by atoms with Crippen LogP contribution in [-0.2, 0) is 4.74 Å². The first-order chi connectivity index (χ1) is 6.38. The van der Waals surface area contributed by atoms with Gasteiger partial charge in [-0.05, 0) is 20.0 Å². The van der Waals surface area contributed by atoms with Crippen LogP contribution in [0.3, 0.4) is 0 Å². The summed E-state index contributed by atoms with van der Waals surface area (Å²) in [6.07, 6.45) is 1.67. The topological polar surface area (TPSA) is 24.5 Å². The van der Waals surface area contributed by atoms with Crippen molar-refractivity contribution in [1.82, 2.24) is 10.2 Å². The summed E-state index contributed by atoms with van der Waals surface area (Å²) in [6, 6.07) is 0.623. The minimum absolute atomic E-state index is 0.495. The van der Waals surface area contributed by atoms with Crippen LogP contribution in [0.4, 0.5) is 0 Å². The van der Waals surface area contributed by atoms with Gasteiger partial charge in [0, 0.05) is 19.1 Å². The van der Waals surface area contributed by atoms with E-state index in [9.17, 15) is 0 Å². The summed E-state index contributed by atoms with van der Waals surface area (Å²) in [5, 5.41) is 3.39. The molecule has 3 nitrogen and oxygen atoms in total. The predicted molar refractivity (Wildman–Crippen MR) is 55.0 cm³/mol. The zero-order valence-corrected chi connectivity index (χ0v) is 9.05. The molecule has 3 heteroatoms. The molecule has 2 rings (SSSR count). The molecule has 2 fully saturated rings. The van der Waals surface area contributed by atoms with Crippen molar-refractivity contribution in [3.8, 4) is 0 Å². The van der Waals surface area contributed by atoms with Gasteiger partial charge < -0.3 is 10.1 Å². The normalized spacial score (nSPS) is 34.4. The summed E-state index contributed by atoms with van der Waals surface area (Å²) in [6.45, 7) is 8.22. The minimum atomic E-state index is 0.495. The van der Waals surface area contributed by atoms with Crippen LogP contribution in [0.15, 0.2) is 0 Å². The fourth-order valence-corrected chi connectivity index (χ4v) is 1.97. The first-order valence-electron chi connectivity index (χ1n) is 5.40. The van der Waals surface area contributed by atoms with Gasteiger partial charge in [-0.3, -0.25) is 4.90 Å². The van der Waals surface area contributed by atoms with Crippen molar-refractivity contribution in [1.29, 1.82) is 0 Å². The minimum Gasteiger partial charge on any atom is -0.375 e. The Morgan fingerprint density at radius 3 is 2.85 bits per heavy atom. The third-order valence-corrected chi connectivity index (χ3v) is 2.73. The number of nitrogens with one attached hydrogen (secondary N) is 1. The lowest BCUT2D eigenvalue weighted by atomic mass is 10.0. The molecule has 0 aromatic rings. The summed E-state index contributed by atoms with van der Waals surface area (Å²) in [7, 11) is 2.19. The highest BCUT2D eigenvalue weighted by Crippen LogP contribution is 2.17. The lowest BCUT2D eigenvalue weighted by molar-refractivity contribution is -0.0730. The summed E-state index contributed by atoms with van der Waals surface area (Å²) in [5.74, 6) is 0. The van der Waals surface area contributed by atoms with Crippen LogP contribution < -0.4 is 5.32 Å². The molecule has 0 radical (unpaired) electrons. The number of hydrogen-bond donors (Lipinski definition) is 1. The average Bonchev–Trinajstić information content (AvgIpc) is 2.22. The highest BCUT2D eigenvalue weighted by atomic mass is 16.5. The Bertz CT molecular complexity index is 139. The van der Waals surface area contributed by atoms with Gasteiger partial charge in [0.15, 0.2) is 0 Å². The van der Waals surface area contributed by atoms with E-state index >= 15 is 0 Å². The van der Waals surface area contributed by atoms with Gasteiger partial charge in [-0.1, -0.05) is 13.8 Å². The molecule has 0 amide bonds. The van der Waals surface area contributed by atoms with Gasteiger partial charge in [0.25, 0.3) is 0 Å². The standard InChI is InChI=1S/C8H16N2O.C2H6/c1-10-4-5-11-8-2-3-9-6-7(8)10;1-2/h7-9H,2-6H2,1H3;1-2H3. The van der Waals surface area contributed by atoms with Gasteiger partial charge in [-0.2, -0.15) is 0 Å². The molecular weight excluding hydrogens is 164 g/mol. The average molecular weight is 186 g/mol. The van der Waals surface area contributed by atoms with Gasteiger partial charge in [-0.25, -0.2) is 0 Å². The monoisotopic (exact) mass is 186 g/mol. The van der Waals surface area contributed by atoms with E-state index in [-0.39, 0.29) is 0 Å². The van der Waals surface area contributed by atoms with Crippen LogP contribution in [0.5, 0.6) is 0 Å². The Morgan fingerprint density at radius 2 is 2.15 bits per heavy atom. The molecule has 0 aliphatic carbocycles. The van der Waals surface area contributed by atoms with E-state index in [0.717, 1.165) is 26.2 Å². The predicted octanol–water partition coefficient (Wildman–Crippen LogP) is 0.705. The second kappa shape index (κ2) is 5.58. The van der Waals surface area contributed by atoms with Gasteiger partial charge in [0.1, 0.15) is 0 Å². The zero-order chi connectivity index (χ0) is 9.68. The number of fused-ring (bicyclic) bond motifs is 1. The fraction of sp³-hybridized carbons (Fsp3) is 1.00. The smallest absolute Gasteiger partial charge is 0.0755 e. The largest absolute Gasteiger partial charge is 0.375 e. The number of likely N-dealkylation sites (N-methyl/N-ethyl adjacent to an activating group) is 1. The van der Waals surface area contributed by atoms with Gasteiger partial charge in [0.2, 0.25) is 0 Å². The van der Waals surface area contributed by atoms with Crippen LogP contribution >= 0.6 is 0 Å². The third kappa shape index (κ3) is 2.66. The molecule has 0 aromatic carbocycles. The van der Waals surface area contributed by atoms with E-state index in [2.05, 4.69) is 17.3 Å². The van der Waals surface area contributed by atoms with Crippen molar-refractivity contribution in [2.45, 2.75) is 32.4 Å². The molecule has 2 aliphatic rings. The number of rotatable bonds is 0. The maximum atomic E-state index is 5.67. The van der Waals surface area contributed by atoms with Crippen molar-refractivity contribution >= 4 is 0 Å². The van der Waals surface area contributed by atoms with E-state index in [1.54, 1.807) is 0 Å². The van der Waals surface area contributed by atoms with E-state index in [0.29, 0.717) is 12.1 Å². The molecule has 0 saturated carbocycles. The molecule has 2 heterocycles. The highest BCUT2D eigenvalue weighted by Gasteiger charge is 2.31. The lowest BCUT2D eigenvalue weighted by Gasteiger charge is -2.42. The van der Waals surface area contributed by atoms with Crippen molar-refractivity contribution < 1.29 is 4.74 Å². The van der Waals surface area contributed by atoms with Crippen molar-refractivity contribution in [2.75, 3.05) is 33.3 Å². The van der Waals surface area contributed by atoms with Crippen LogP contribution in [0.2, 0.25) is 0 Å². The number of nitrogens with zero attached hydrogens (tertiary/aromatic N) is 1. The molecular formula is C10H22N2O. The van der Waals surface area contributed by atoms with E-state index in [1.807, 2.05) is 13.8 Å². The molecule has 0 aromatic heterocycles. The summed E-state index contributed by atoms with van der Waals surface area (Å²) < 4.78 is 5.67. The second-order valence-corrected chi connectivity index (χ2v) is 3.45. The summed E-state index contributed by atoms with van der Waals surface area (Å²) in [5.41, 5.74) is 0. The number of hydrogen-bond acceptors (Lipinski definition) is 3. The highest BCUT2D eigenvalue weighted by molar-refractivity contribution is 4.87. The molecule has 2 atom stereocenters. The second-order valence-electron chi connectivity index (χ2n) is 3.45. The first kappa shape index (κ1) is 11.0. The molecule has 0 bridgehead atoms. The van der Waals surface area contributed by atoms with Crippen LogP contribution in [0, 0.1) is 0 Å². The van der Waals surface area contributed by atoms with Gasteiger partial charge >= 0.3 is 0 Å². The van der Waals surface area contributed by atoms with E-state index < -0.39 is 0 Å². The Labute approximate surface area is 81.4 Å². The Balaban J connectivity index is 0.000000396. The SMILES string of the molecule is CC.CN1CCOC2CCNCC21. The molecule has 2 saturated heterocycles. The third-order valence-electron chi connectivity index (χ3n) is 2.73. The Hall–Kier alpha value is -0.120. The number of ether oxygens (including phenoxy) is 1. The van der Waals surface area contributed by atoms with Crippen molar-refractivity contribution in [2.24, 2.45) is 0 Å². The van der Waals surface area contributed by atoms with E-state index in [4.69, 9.17) is 4.74 Å². The molecule has 2 unspecified atom stereocenters. The van der Waals surface area contributed by atoms with E-state index in [1.165, 1.54) is 6.42 Å². The molecule has 0 spiro atoms. The summed E-state index contributed by atoms with van der Waals surface area (Å²) in [4.78, 5) is 2.40. The zero-order valence-electron chi connectivity index (χ0n) is 9.05. The Kier molecular flexibility index (Phi) is 4.70. The maximum Gasteiger partial charge on any atom is 0.0755 e. The number of morpholine rings is 1. The first-order valence-corrected chi connectivity index (χ1v) is 5.40. The Morgan fingerprint density at radius 1 is 1.38 bits per heavy atom. The van der Waals surface area contributed by atoms with Crippen molar-refractivity contribution in [3.05, 3.63) is 0 Å². The molecule has 2 aliphatic heterocycles. The molecule has 78 valence electrons. The molecule has 13 heavy (non-hydrogen) atoms. The van der Waals surface area contributed by atoms with Gasteiger partial charge in [-0.15, -0.1) is 0 Å².